The van der Waals surface area contributed by atoms with Crippen LogP contribution in [0.3, 0.4) is 0 Å². The minimum absolute atomic E-state index is 0.529. The van der Waals surface area contributed by atoms with E-state index in [1.807, 2.05) is 0 Å². The fourth-order valence-corrected chi connectivity index (χ4v) is 8.11. The summed E-state index contributed by atoms with van der Waals surface area (Å²) in [4.78, 5) is 0. The molecule has 0 heterocycles. The minimum atomic E-state index is 0.529. The van der Waals surface area contributed by atoms with Crippen LogP contribution in [-0.4, -0.2) is 12.1 Å². The number of hydrogen-bond donors (Lipinski definition) is 1. The number of hydrogen-bond acceptors (Lipinski definition) is 1. The van der Waals surface area contributed by atoms with Crippen LogP contribution < -0.4 is 5.32 Å². The first-order chi connectivity index (χ1) is 9.96. The molecule has 1 nitrogen and oxygen atoms in total. The highest BCUT2D eigenvalue weighted by molar-refractivity contribution is 5.14. The van der Waals surface area contributed by atoms with Crippen LogP contribution >= 0.6 is 0 Å². The molecule has 6 bridgehead atoms. The molecule has 0 aromatic carbocycles. The highest BCUT2D eigenvalue weighted by atomic mass is 15.0. The first kappa shape index (κ1) is 13.4. The Morgan fingerprint density at radius 3 is 2.00 bits per heavy atom. The normalized spacial score (nSPS) is 59.9. The first-order valence-corrected chi connectivity index (χ1v) is 9.72. The van der Waals surface area contributed by atoms with Crippen molar-refractivity contribution in [2.45, 2.75) is 84.2 Å². The molecule has 6 aliphatic carbocycles. The second kappa shape index (κ2) is 4.08. The van der Waals surface area contributed by atoms with Gasteiger partial charge in [-0.1, -0.05) is 20.8 Å². The van der Waals surface area contributed by atoms with Gasteiger partial charge in [0, 0.05) is 12.1 Å². The third-order valence-corrected chi connectivity index (χ3v) is 8.86. The van der Waals surface area contributed by atoms with Crippen molar-refractivity contribution in [2.75, 3.05) is 0 Å². The summed E-state index contributed by atoms with van der Waals surface area (Å²) in [6, 6.07) is 1.66. The van der Waals surface area contributed by atoms with Crippen LogP contribution in [0.25, 0.3) is 0 Å². The van der Waals surface area contributed by atoms with Crippen LogP contribution in [0.1, 0.15) is 72.1 Å². The van der Waals surface area contributed by atoms with Gasteiger partial charge < -0.3 is 5.32 Å². The molecule has 1 heteroatoms. The van der Waals surface area contributed by atoms with E-state index in [1.165, 1.54) is 19.3 Å². The van der Waals surface area contributed by atoms with E-state index >= 15 is 0 Å². The van der Waals surface area contributed by atoms with Crippen LogP contribution in [0.5, 0.6) is 0 Å². The van der Waals surface area contributed by atoms with Crippen LogP contribution in [0, 0.1) is 40.4 Å². The van der Waals surface area contributed by atoms with Gasteiger partial charge in [0.15, 0.2) is 0 Å². The van der Waals surface area contributed by atoms with Gasteiger partial charge in [0.1, 0.15) is 0 Å². The molecule has 0 aromatic rings. The Morgan fingerprint density at radius 1 is 0.857 bits per heavy atom. The number of rotatable bonds is 2. The maximum Gasteiger partial charge on any atom is 0.0178 e. The number of fused-ring (bicyclic) bond motifs is 2. The average Bonchev–Trinajstić information content (AvgIpc) is 2.87. The second-order valence-corrected chi connectivity index (χ2v) is 10.5. The predicted molar refractivity (Wildman–Crippen MR) is 87.0 cm³/mol. The highest BCUT2D eigenvalue weighted by Gasteiger charge is 2.60. The highest BCUT2D eigenvalue weighted by Crippen LogP contribution is 2.63. The second-order valence-electron chi connectivity index (χ2n) is 10.5. The lowest BCUT2D eigenvalue weighted by Crippen LogP contribution is -2.61. The van der Waals surface area contributed by atoms with E-state index in [0.717, 1.165) is 41.7 Å². The van der Waals surface area contributed by atoms with Gasteiger partial charge in [0.2, 0.25) is 0 Å². The zero-order valence-electron chi connectivity index (χ0n) is 14.2. The average molecular weight is 287 g/mol. The Kier molecular flexibility index (Phi) is 2.60. The van der Waals surface area contributed by atoms with Crippen LogP contribution in [-0.2, 0) is 0 Å². The molecule has 118 valence electrons. The van der Waals surface area contributed by atoms with Crippen molar-refractivity contribution >= 4 is 0 Å². The summed E-state index contributed by atoms with van der Waals surface area (Å²) < 4.78 is 0. The molecule has 3 unspecified atom stereocenters. The van der Waals surface area contributed by atoms with Crippen LogP contribution in [0.2, 0.25) is 0 Å². The van der Waals surface area contributed by atoms with Gasteiger partial charge in [0.05, 0.1) is 0 Å². The lowest BCUT2D eigenvalue weighted by atomic mass is 9.53. The Bertz CT molecular complexity index is 420. The summed E-state index contributed by atoms with van der Waals surface area (Å²) in [5.41, 5.74) is 1.13. The third-order valence-electron chi connectivity index (χ3n) is 8.86. The molecule has 1 N–H and O–H groups in total. The van der Waals surface area contributed by atoms with E-state index in [1.54, 1.807) is 32.1 Å². The van der Waals surface area contributed by atoms with Gasteiger partial charge >= 0.3 is 0 Å². The smallest absolute Gasteiger partial charge is 0.0178 e. The molecular formula is C20H33N. The van der Waals surface area contributed by atoms with Crippen LogP contribution in [0.4, 0.5) is 0 Å². The molecule has 0 radical (unpaired) electrons. The summed E-state index contributed by atoms with van der Waals surface area (Å²) in [5, 5.41) is 4.32. The van der Waals surface area contributed by atoms with Crippen molar-refractivity contribution < 1.29 is 0 Å². The van der Waals surface area contributed by atoms with Gasteiger partial charge in [-0.25, -0.2) is 0 Å². The van der Waals surface area contributed by atoms with E-state index in [0.29, 0.717) is 10.8 Å². The lowest BCUT2D eigenvalue weighted by Gasteiger charge is -2.57. The lowest BCUT2D eigenvalue weighted by molar-refractivity contribution is -0.0343. The van der Waals surface area contributed by atoms with Crippen molar-refractivity contribution in [1.82, 2.24) is 5.32 Å². The molecule has 3 atom stereocenters. The quantitative estimate of drug-likeness (QED) is 0.781. The summed E-state index contributed by atoms with van der Waals surface area (Å²) in [7, 11) is 0. The standard InChI is InChI=1S/C20H33N/c1-19(2)16-4-5-20(3,11-16)18(19)21-17-14-7-12-6-13(9-14)10-15(17)8-12/h12-18,21H,4-11H2,1-3H3. The van der Waals surface area contributed by atoms with E-state index < -0.39 is 0 Å². The van der Waals surface area contributed by atoms with Crippen molar-refractivity contribution in [1.29, 1.82) is 0 Å². The Morgan fingerprint density at radius 2 is 1.48 bits per heavy atom. The summed E-state index contributed by atoms with van der Waals surface area (Å²) in [5.74, 6) is 5.25. The summed E-state index contributed by atoms with van der Waals surface area (Å²) in [6.45, 7) is 7.72. The van der Waals surface area contributed by atoms with Gasteiger partial charge in [-0.2, -0.15) is 0 Å². The third kappa shape index (κ3) is 1.73. The fraction of sp³-hybridized carbons (Fsp3) is 1.00. The van der Waals surface area contributed by atoms with Gasteiger partial charge in [0.25, 0.3) is 0 Å². The van der Waals surface area contributed by atoms with E-state index in [2.05, 4.69) is 26.1 Å². The molecule has 6 rings (SSSR count). The van der Waals surface area contributed by atoms with E-state index in [-0.39, 0.29) is 0 Å². The SMILES string of the molecule is CC12CCC(C1)C(C)(C)C2NC1C2CC3CC(C2)CC1C3. The van der Waals surface area contributed by atoms with Crippen molar-refractivity contribution in [3.63, 3.8) is 0 Å². The van der Waals surface area contributed by atoms with Crippen molar-refractivity contribution in [2.24, 2.45) is 40.4 Å². The number of nitrogens with one attached hydrogen (secondary N) is 1. The molecule has 6 fully saturated rings. The molecule has 0 saturated heterocycles. The monoisotopic (exact) mass is 287 g/mol. The largest absolute Gasteiger partial charge is 0.310 e. The first-order valence-electron chi connectivity index (χ1n) is 9.72. The summed E-state index contributed by atoms with van der Waals surface area (Å²) in [6.07, 6.45) is 12.3. The topological polar surface area (TPSA) is 12.0 Å². The Hall–Kier alpha value is -0.0400. The van der Waals surface area contributed by atoms with Gasteiger partial charge in [-0.15, -0.1) is 0 Å². The van der Waals surface area contributed by atoms with E-state index in [4.69, 9.17) is 0 Å². The zero-order chi connectivity index (χ0) is 14.4. The van der Waals surface area contributed by atoms with Gasteiger partial charge in [-0.05, 0) is 91.8 Å². The Labute approximate surface area is 130 Å². The molecule has 21 heavy (non-hydrogen) atoms. The molecule has 6 saturated carbocycles. The molecule has 0 spiro atoms. The molecule has 0 aliphatic heterocycles. The maximum atomic E-state index is 4.32. The van der Waals surface area contributed by atoms with Gasteiger partial charge in [-0.3, -0.25) is 0 Å². The zero-order valence-corrected chi connectivity index (χ0v) is 14.2. The molecule has 0 aromatic heterocycles. The molecular weight excluding hydrogens is 254 g/mol. The Balaban J connectivity index is 1.40. The van der Waals surface area contributed by atoms with Crippen LogP contribution in [0.15, 0.2) is 0 Å². The molecule has 0 amide bonds. The van der Waals surface area contributed by atoms with Crippen molar-refractivity contribution in [3.8, 4) is 0 Å². The minimum Gasteiger partial charge on any atom is -0.310 e. The summed E-state index contributed by atoms with van der Waals surface area (Å²) >= 11 is 0. The maximum absolute atomic E-state index is 4.32. The van der Waals surface area contributed by atoms with E-state index in [9.17, 15) is 0 Å². The molecule has 6 aliphatic rings. The fourth-order valence-electron chi connectivity index (χ4n) is 8.11. The predicted octanol–water partition coefficient (Wildman–Crippen LogP) is 4.62. The van der Waals surface area contributed by atoms with Crippen molar-refractivity contribution in [3.05, 3.63) is 0 Å².